The predicted octanol–water partition coefficient (Wildman–Crippen LogP) is 3.26. The van der Waals surface area contributed by atoms with E-state index in [4.69, 9.17) is 10.7 Å². The lowest BCUT2D eigenvalue weighted by Crippen LogP contribution is -2.44. The Labute approximate surface area is 164 Å². The lowest BCUT2D eigenvalue weighted by molar-refractivity contribution is -0.122. The average Bonchev–Trinajstić information content (AvgIpc) is 3.30. The highest BCUT2D eigenvalue weighted by atomic mass is 16.2. The number of hydrogen-bond donors (Lipinski definition) is 4. The van der Waals surface area contributed by atoms with Gasteiger partial charge in [-0.15, -0.1) is 0 Å². The van der Waals surface area contributed by atoms with E-state index in [1.807, 2.05) is 32.2 Å². The van der Waals surface area contributed by atoms with E-state index in [0.29, 0.717) is 0 Å². The van der Waals surface area contributed by atoms with Gasteiger partial charge in [0.15, 0.2) is 0 Å². The third kappa shape index (κ3) is 3.60. The zero-order valence-electron chi connectivity index (χ0n) is 16.4. The van der Waals surface area contributed by atoms with E-state index >= 15 is 0 Å². The fourth-order valence-electron chi connectivity index (χ4n) is 3.68. The lowest BCUT2D eigenvalue weighted by Gasteiger charge is -2.20. The molecule has 0 radical (unpaired) electrons. The first kappa shape index (κ1) is 18.5. The summed E-state index contributed by atoms with van der Waals surface area (Å²) >= 11 is 0. The minimum atomic E-state index is -0.482. The molecule has 1 amide bonds. The summed E-state index contributed by atoms with van der Waals surface area (Å²) in [7, 11) is 0. The van der Waals surface area contributed by atoms with Gasteiger partial charge in [0, 0.05) is 34.9 Å². The van der Waals surface area contributed by atoms with Gasteiger partial charge < -0.3 is 21.0 Å². The third-order valence-electron chi connectivity index (χ3n) is 5.69. The second-order valence-corrected chi connectivity index (χ2v) is 7.65. The van der Waals surface area contributed by atoms with Crippen molar-refractivity contribution >= 4 is 22.9 Å². The van der Waals surface area contributed by atoms with E-state index in [1.165, 1.54) is 10.9 Å². The molecular formula is C22H27N5O. The predicted molar refractivity (Wildman–Crippen MR) is 112 cm³/mol. The van der Waals surface area contributed by atoms with Gasteiger partial charge >= 0.3 is 0 Å². The van der Waals surface area contributed by atoms with E-state index in [9.17, 15) is 4.79 Å². The minimum Gasteiger partial charge on any atom is -0.361 e. The molecule has 2 aromatic heterocycles. The zero-order valence-corrected chi connectivity index (χ0v) is 16.4. The number of aryl methyl sites for hydroxylation is 1. The van der Waals surface area contributed by atoms with Gasteiger partial charge in [-0.05, 0) is 36.5 Å². The van der Waals surface area contributed by atoms with E-state index in [0.717, 1.165) is 54.1 Å². The smallest absolute Gasteiger partial charge is 0.241 e. The quantitative estimate of drug-likeness (QED) is 0.530. The number of para-hydroxylation sites is 1. The molecule has 3 aromatic rings. The fraction of sp³-hybridized carbons (Fsp3) is 0.364. The molecule has 28 heavy (non-hydrogen) atoms. The second kappa shape index (κ2) is 7.64. The number of hydrogen-bond acceptors (Lipinski definition) is 3. The Hall–Kier alpha value is -2.86. The van der Waals surface area contributed by atoms with Crippen LogP contribution in [0.2, 0.25) is 0 Å². The molecule has 5 N–H and O–H groups in total. The molecule has 2 heterocycles. The van der Waals surface area contributed by atoms with Crippen molar-refractivity contribution < 1.29 is 4.79 Å². The molecule has 0 fully saturated rings. The van der Waals surface area contributed by atoms with E-state index in [2.05, 4.69) is 33.5 Å². The number of amides is 1. The first-order valence-electron chi connectivity index (χ1n) is 9.95. The molecule has 6 nitrogen and oxygen atoms in total. The van der Waals surface area contributed by atoms with Crippen LogP contribution < -0.4 is 11.1 Å². The van der Waals surface area contributed by atoms with Gasteiger partial charge in [-0.2, -0.15) is 0 Å². The van der Waals surface area contributed by atoms with Gasteiger partial charge in [0.25, 0.3) is 0 Å². The van der Waals surface area contributed by atoms with Crippen molar-refractivity contribution in [3.05, 3.63) is 58.9 Å². The number of carbonyl (C=O) groups excluding carboxylic acids is 1. The van der Waals surface area contributed by atoms with Crippen LogP contribution in [0.5, 0.6) is 0 Å². The topological polar surface area (TPSA) is 99.6 Å². The Kier molecular flexibility index (Phi) is 5.05. The monoisotopic (exact) mass is 377 g/mol. The lowest BCUT2D eigenvalue weighted by atomic mass is 9.98. The molecule has 0 saturated heterocycles. The SMILES string of the molecule is CC[C@H](C)[C@H](N)C(=O)NC1=Cc2nc(Cc3c[nH]c4ccccc34)[nH]c2CC1. The normalized spacial score (nSPS) is 15.8. The van der Waals surface area contributed by atoms with Crippen molar-refractivity contribution in [1.82, 2.24) is 20.3 Å². The summed E-state index contributed by atoms with van der Waals surface area (Å²) < 4.78 is 0. The number of imidazole rings is 1. The van der Waals surface area contributed by atoms with Crippen molar-refractivity contribution in [3.63, 3.8) is 0 Å². The molecule has 0 saturated carbocycles. The van der Waals surface area contributed by atoms with Gasteiger partial charge in [-0.1, -0.05) is 38.5 Å². The number of rotatable bonds is 6. The van der Waals surface area contributed by atoms with Crippen LogP contribution in [-0.2, 0) is 17.6 Å². The second-order valence-electron chi connectivity index (χ2n) is 7.65. The van der Waals surface area contributed by atoms with Gasteiger partial charge in [-0.3, -0.25) is 4.79 Å². The van der Waals surface area contributed by atoms with Crippen LogP contribution in [0.15, 0.2) is 36.2 Å². The molecule has 2 atom stereocenters. The maximum Gasteiger partial charge on any atom is 0.241 e. The molecule has 0 bridgehead atoms. The number of fused-ring (bicyclic) bond motifs is 2. The highest BCUT2D eigenvalue weighted by Crippen LogP contribution is 2.24. The van der Waals surface area contributed by atoms with Crippen molar-refractivity contribution in [2.24, 2.45) is 11.7 Å². The van der Waals surface area contributed by atoms with E-state index in [-0.39, 0.29) is 11.8 Å². The number of nitrogens with two attached hydrogens (primary N) is 1. The molecule has 1 aliphatic carbocycles. The number of H-pyrrole nitrogens is 2. The maximum absolute atomic E-state index is 12.4. The molecule has 1 aliphatic rings. The van der Waals surface area contributed by atoms with Crippen molar-refractivity contribution in [1.29, 1.82) is 0 Å². The zero-order chi connectivity index (χ0) is 19.7. The first-order chi connectivity index (χ1) is 13.5. The minimum absolute atomic E-state index is 0.112. The highest BCUT2D eigenvalue weighted by Gasteiger charge is 2.22. The Morgan fingerprint density at radius 1 is 1.32 bits per heavy atom. The average molecular weight is 377 g/mol. The van der Waals surface area contributed by atoms with Crippen molar-refractivity contribution in [2.75, 3.05) is 0 Å². The molecule has 0 unspecified atom stereocenters. The molecule has 6 heteroatoms. The summed E-state index contributed by atoms with van der Waals surface area (Å²) in [5, 5.41) is 4.21. The van der Waals surface area contributed by atoms with Gasteiger partial charge in [0.2, 0.25) is 5.91 Å². The molecule has 1 aromatic carbocycles. The van der Waals surface area contributed by atoms with Crippen molar-refractivity contribution in [3.8, 4) is 0 Å². The van der Waals surface area contributed by atoms with Crippen LogP contribution in [0.3, 0.4) is 0 Å². The van der Waals surface area contributed by atoms with E-state index in [1.54, 1.807) is 0 Å². The number of nitrogens with zero attached hydrogens (tertiary/aromatic N) is 1. The first-order valence-corrected chi connectivity index (χ1v) is 9.95. The summed E-state index contributed by atoms with van der Waals surface area (Å²) in [6.07, 6.45) is 7.25. The molecule has 0 aliphatic heterocycles. The molecule has 4 rings (SSSR count). The maximum atomic E-state index is 12.4. The van der Waals surface area contributed by atoms with Gasteiger partial charge in [0.1, 0.15) is 5.82 Å². The largest absolute Gasteiger partial charge is 0.361 e. The number of carbonyl (C=O) groups is 1. The van der Waals surface area contributed by atoms with Crippen molar-refractivity contribution in [2.45, 2.75) is 45.6 Å². The van der Waals surface area contributed by atoms with Crippen LogP contribution in [0.1, 0.15) is 49.5 Å². The highest BCUT2D eigenvalue weighted by molar-refractivity contribution is 5.84. The number of aromatic nitrogens is 3. The summed E-state index contributed by atoms with van der Waals surface area (Å²) in [6, 6.07) is 7.80. The number of aromatic amines is 2. The summed E-state index contributed by atoms with van der Waals surface area (Å²) in [4.78, 5) is 23.9. The van der Waals surface area contributed by atoms with Crippen LogP contribution in [-0.4, -0.2) is 26.9 Å². The Bertz CT molecular complexity index is 1030. The Balaban J connectivity index is 1.49. The van der Waals surface area contributed by atoms with E-state index < -0.39 is 6.04 Å². The number of allylic oxidation sites excluding steroid dienone is 1. The van der Waals surface area contributed by atoms with Crippen LogP contribution in [0.4, 0.5) is 0 Å². The summed E-state index contributed by atoms with van der Waals surface area (Å²) in [5.41, 5.74) is 11.3. The van der Waals surface area contributed by atoms with Crippen LogP contribution in [0, 0.1) is 5.92 Å². The molecule has 0 spiro atoms. The standard InChI is InChI=1S/C22H27N5O/c1-3-13(2)21(23)22(28)25-15-8-9-18-19(11-15)27-20(26-18)10-14-12-24-17-7-5-4-6-16(14)17/h4-7,11-13,21,24H,3,8-10,23H2,1-2H3,(H,25,28)(H,26,27)/t13-,21-/m0/s1. The van der Waals surface area contributed by atoms with Gasteiger partial charge in [0.05, 0.1) is 11.7 Å². The summed E-state index contributed by atoms with van der Waals surface area (Å²) in [5.74, 6) is 0.987. The number of benzene rings is 1. The third-order valence-corrected chi connectivity index (χ3v) is 5.69. The number of nitrogens with one attached hydrogen (secondary N) is 3. The van der Waals surface area contributed by atoms with Crippen LogP contribution >= 0.6 is 0 Å². The van der Waals surface area contributed by atoms with Crippen LogP contribution in [0.25, 0.3) is 17.0 Å². The Morgan fingerprint density at radius 2 is 2.14 bits per heavy atom. The molecular weight excluding hydrogens is 350 g/mol. The van der Waals surface area contributed by atoms with Gasteiger partial charge in [-0.25, -0.2) is 4.98 Å². The molecule has 146 valence electrons. The Morgan fingerprint density at radius 3 is 2.96 bits per heavy atom. The summed E-state index contributed by atoms with van der Waals surface area (Å²) in [6.45, 7) is 4.05. The fourth-order valence-corrected chi connectivity index (χ4v) is 3.68.